The van der Waals surface area contributed by atoms with Crippen molar-refractivity contribution in [2.75, 3.05) is 0 Å². The second kappa shape index (κ2) is 3.71. The molecule has 11 heavy (non-hydrogen) atoms. The lowest BCUT2D eigenvalue weighted by Gasteiger charge is -1.97. The molecule has 0 heterocycles. The molecule has 0 atom stereocenters. The smallest absolute Gasteiger partial charge is 0.0253 e. The number of hydrogen-bond donors (Lipinski definition) is 1. The van der Waals surface area contributed by atoms with Crippen LogP contribution in [0.2, 0.25) is 0 Å². The second-order valence-electron chi connectivity index (χ2n) is 2.29. The summed E-state index contributed by atoms with van der Waals surface area (Å²) < 4.78 is 0. The monoisotopic (exact) mass is 145 g/mol. The molecule has 56 valence electrons. The normalized spacial score (nSPS) is 16.4. The van der Waals surface area contributed by atoms with E-state index in [2.05, 4.69) is 12.7 Å². The summed E-state index contributed by atoms with van der Waals surface area (Å²) in [5.74, 6) is 0. The van der Waals surface area contributed by atoms with Crippen LogP contribution in [0.5, 0.6) is 0 Å². The largest absolute Gasteiger partial charge is 0.308 e. The van der Waals surface area contributed by atoms with Crippen LogP contribution >= 0.6 is 0 Å². The van der Waals surface area contributed by atoms with Gasteiger partial charge in [0.25, 0.3) is 0 Å². The van der Waals surface area contributed by atoms with E-state index in [4.69, 9.17) is 5.41 Å². The molecule has 0 aromatic carbocycles. The van der Waals surface area contributed by atoms with E-state index in [1.54, 1.807) is 6.08 Å². The first-order valence-corrected chi connectivity index (χ1v) is 3.58. The number of rotatable bonds is 2. The van der Waals surface area contributed by atoms with Gasteiger partial charge < -0.3 is 5.41 Å². The van der Waals surface area contributed by atoms with Gasteiger partial charge in [0.15, 0.2) is 0 Å². The number of hydrogen-bond acceptors (Lipinski definition) is 1. The number of nitrogens with one attached hydrogen (secondary N) is 1. The highest BCUT2D eigenvalue weighted by Crippen LogP contribution is 2.12. The van der Waals surface area contributed by atoms with Crippen LogP contribution < -0.4 is 0 Å². The molecule has 1 nitrogen and oxygen atoms in total. The van der Waals surface area contributed by atoms with Crippen LogP contribution in [0, 0.1) is 5.41 Å². The Hall–Kier alpha value is -1.37. The summed E-state index contributed by atoms with van der Waals surface area (Å²) in [6.07, 6.45) is 12.1. The molecule has 0 spiro atoms. The Bertz CT molecular complexity index is 254. The molecule has 1 heteroatoms. The van der Waals surface area contributed by atoms with Crippen molar-refractivity contribution in [1.29, 1.82) is 5.41 Å². The zero-order valence-corrected chi connectivity index (χ0v) is 6.38. The van der Waals surface area contributed by atoms with Gasteiger partial charge in [-0.05, 0) is 17.6 Å². The maximum Gasteiger partial charge on any atom is 0.0253 e. The molecule has 0 fully saturated rings. The molecular formula is C10H11N. The van der Waals surface area contributed by atoms with Gasteiger partial charge in [0, 0.05) is 6.21 Å². The predicted molar refractivity (Wildman–Crippen MR) is 48.9 cm³/mol. The molecule has 0 radical (unpaired) electrons. The van der Waals surface area contributed by atoms with Crippen molar-refractivity contribution in [3.8, 4) is 0 Å². The molecule has 0 saturated carbocycles. The average Bonchev–Trinajstić information content (AvgIpc) is 2.27. The van der Waals surface area contributed by atoms with Gasteiger partial charge in [-0.15, -0.1) is 0 Å². The summed E-state index contributed by atoms with van der Waals surface area (Å²) >= 11 is 0. The molecule has 0 unspecified atom stereocenters. The fourth-order valence-electron chi connectivity index (χ4n) is 0.988. The lowest BCUT2D eigenvalue weighted by atomic mass is 10.1. The molecule has 0 saturated heterocycles. The summed E-state index contributed by atoms with van der Waals surface area (Å²) in [5, 5.41) is 7.12. The topological polar surface area (TPSA) is 23.9 Å². The summed E-state index contributed by atoms with van der Waals surface area (Å²) in [7, 11) is 0. The van der Waals surface area contributed by atoms with Crippen molar-refractivity contribution in [3.63, 3.8) is 0 Å². The Kier molecular flexibility index (Phi) is 2.61. The Balaban J connectivity index is 2.99. The molecule has 0 aromatic rings. The minimum atomic E-state index is 0.901. The maximum absolute atomic E-state index is 7.12. The average molecular weight is 145 g/mol. The first-order valence-electron chi connectivity index (χ1n) is 3.58. The molecule has 0 amide bonds. The van der Waals surface area contributed by atoms with E-state index in [9.17, 15) is 0 Å². The Labute approximate surface area is 66.9 Å². The Morgan fingerprint density at radius 3 is 2.91 bits per heavy atom. The van der Waals surface area contributed by atoms with Crippen LogP contribution in [0.15, 0.2) is 48.1 Å². The molecule has 0 aliphatic heterocycles. The fourth-order valence-corrected chi connectivity index (χ4v) is 0.988. The maximum atomic E-state index is 7.12. The van der Waals surface area contributed by atoms with Crippen molar-refractivity contribution >= 4 is 6.21 Å². The van der Waals surface area contributed by atoms with E-state index < -0.39 is 0 Å². The van der Waals surface area contributed by atoms with Crippen LogP contribution in [0.4, 0.5) is 0 Å². The van der Waals surface area contributed by atoms with Gasteiger partial charge in [-0.3, -0.25) is 0 Å². The zero-order valence-electron chi connectivity index (χ0n) is 6.38. The van der Waals surface area contributed by atoms with Crippen LogP contribution in [0.25, 0.3) is 0 Å². The molecule has 1 N–H and O–H groups in total. The quantitative estimate of drug-likeness (QED) is 0.577. The van der Waals surface area contributed by atoms with E-state index in [-0.39, 0.29) is 0 Å². The molecule has 1 aliphatic rings. The lowest BCUT2D eigenvalue weighted by Crippen LogP contribution is -1.85. The van der Waals surface area contributed by atoms with Gasteiger partial charge in [-0.1, -0.05) is 37.0 Å². The highest BCUT2D eigenvalue weighted by molar-refractivity contribution is 5.84. The van der Waals surface area contributed by atoms with Gasteiger partial charge in [0.2, 0.25) is 0 Å². The van der Waals surface area contributed by atoms with E-state index >= 15 is 0 Å². The predicted octanol–water partition coefficient (Wildman–Crippen LogP) is 2.63. The summed E-state index contributed by atoms with van der Waals surface area (Å²) in [5.41, 5.74) is 1.97. The SMILES string of the molecule is C=CC1=CC=CCC=C1C=N. The minimum absolute atomic E-state index is 0.901. The molecule has 1 rings (SSSR count). The Morgan fingerprint density at radius 2 is 2.27 bits per heavy atom. The van der Waals surface area contributed by atoms with E-state index in [0.29, 0.717) is 0 Å². The van der Waals surface area contributed by atoms with Gasteiger partial charge in [0.05, 0.1) is 0 Å². The summed E-state index contributed by atoms with van der Waals surface area (Å²) in [4.78, 5) is 0. The summed E-state index contributed by atoms with van der Waals surface area (Å²) in [6.45, 7) is 3.68. The van der Waals surface area contributed by atoms with Crippen molar-refractivity contribution in [2.24, 2.45) is 0 Å². The first kappa shape index (κ1) is 7.73. The third-order valence-corrected chi connectivity index (χ3v) is 1.59. The van der Waals surface area contributed by atoms with Crippen molar-refractivity contribution in [3.05, 3.63) is 48.1 Å². The molecule has 0 aromatic heterocycles. The van der Waals surface area contributed by atoms with Gasteiger partial charge in [0.1, 0.15) is 0 Å². The van der Waals surface area contributed by atoms with Crippen LogP contribution in [-0.4, -0.2) is 6.21 Å². The standard InChI is InChI=1S/C10H11N/c1-2-9-6-4-3-5-7-10(9)8-11/h2-4,6-8,11H,1,5H2. The van der Waals surface area contributed by atoms with Crippen LogP contribution in [0.1, 0.15) is 6.42 Å². The second-order valence-corrected chi connectivity index (χ2v) is 2.29. The highest BCUT2D eigenvalue weighted by atomic mass is 14.3. The fraction of sp³-hybridized carbons (Fsp3) is 0.100. The lowest BCUT2D eigenvalue weighted by molar-refractivity contribution is 1.38. The van der Waals surface area contributed by atoms with E-state index in [1.165, 1.54) is 6.21 Å². The summed E-state index contributed by atoms with van der Waals surface area (Å²) in [6, 6.07) is 0. The van der Waals surface area contributed by atoms with Crippen LogP contribution in [0.3, 0.4) is 0 Å². The molecule has 1 aliphatic carbocycles. The molecular weight excluding hydrogens is 134 g/mol. The van der Waals surface area contributed by atoms with Crippen molar-refractivity contribution < 1.29 is 0 Å². The zero-order chi connectivity index (χ0) is 8.10. The van der Waals surface area contributed by atoms with Crippen LogP contribution in [-0.2, 0) is 0 Å². The third-order valence-electron chi connectivity index (χ3n) is 1.59. The number of allylic oxidation sites excluding steroid dienone is 7. The van der Waals surface area contributed by atoms with Gasteiger partial charge in [-0.25, -0.2) is 0 Å². The van der Waals surface area contributed by atoms with Crippen molar-refractivity contribution in [1.82, 2.24) is 0 Å². The third kappa shape index (κ3) is 1.77. The molecule has 0 bridgehead atoms. The highest BCUT2D eigenvalue weighted by Gasteiger charge is 1.97. The van der Waals surface area contributed by atoms with Crippen molar-refractivity contribution in [2.45, 2.75) is 6.42 Å². The van der Waals surface area contributed by atoms with Gasteiger partial charge >= 0.3 is 0 Å². The Morgan fingerprint density at radius 1 is 1.45 bits per heavy atom. The van der Waals surface area contributed by atoms with Gasteiger partial charge in [-0.2, -0.15) is 0 Å². The first-order chi connectivity index (χ1) is 5.38. The van der Waals surface area contributed by atoms with E-state index in [1.807, 2.05) is 18.2 Å². The van der Waals surface area contributed by atoms with E-state index in [0.717, 1.165) is 17.6 Å². The minimum Gasteiger partial charge on any atom is -0.308 e.